The second-order valence-corrected chi connectivity index (χ2v) is 19.2. The molecular formula is C63H108O6. The molecule has 0 radical (unpaired) electrons. The van der Waals surface area contributed by atoms with E-state index in [9.17, 15) is 14.4 Å². The Labute approximate surface area is 426 Å². The topological polar surface area (TPSA) is 78.9 Å². The zero-order valence-electron chi connectivity index (χ0n) is 45.3. The minimum Gasteiger partial charge on any atom is -0.462 e. The molecule has 0 amide bonds. The summed E-state index contributed by atoms with van der Waals surface area (Å²) in [6, 6.07) is 0. The maximum absolute atomic E-state index is 12.8. The molecule has 0 saturated carbocycles. The molecule has 0 aliphatic rings. The van der Waals surface area contributed by atoms with Crippen LogP contribution in [0.5, 0.6) is 0 Å². The smallest absolute Gasteiger partial charge is 0.306 e. The van der Waals surface area contributed by atoms with Crippen LogP contribution in [-0.2, 0) is 28.6 Å². The molecule has 6 heteroatoms. The zero-order chi connectivity index (χ0) is 50.0. The van der Waals surface area contributed by atoms with Gasteiger partial charge in [0.25, 0.3) is 0 Å². The quantitative estimate of drug-likeness (QED) is 0.0262. The lowest BCUT2D eigenvalue weighted by molar-refractivity contribution is -0.167. The van der Waals surface area contributed by atoms with Crippen LogP contribution in [0.25, 0.3) is 0 Å². The van der Waals surface area contributed by atoms with Crippen LogP contribution in [0.4, 0.5) is 0 Å². The van der Waals surface area contributed by atoms with Gasteiger partial charge in [-0.15, -0.1) is 0 Å². The van der Waals surface area contributed by atoms with Gasteiger partial charge in [0.1, 0.15) is 13.2 Å². The highest BCUT2D eigenvalue weighted by Gasteiger charge is 2.19. The van der Waals surface area contributed by atoms with Gasteiger partial charge in [0.2, 0.25) is 0 Å². The summed E-state index contributed by atoms with van der Waals surface area (Å²) in [4.78, 5) is 38.1. The molecule has 0 heterocycles. The largest absolute Gasteiger partial charge is 0.462 e. The molecular weight excluding hydrogens is 853 g/mol. The monoisotopic (exact) mass is 961 g/mol. The van der Waals surface area contributed by atoms with Crippen molar-refractivity contribution >= 4 is 17.9 Å². The van der Waals surface area contributed by atoms with Crippen LogP contribution in [0.15, 0.2) is 85.1 Å². The first-order valence-electron chi connectivity index (χ1n) is 29.1. The van der Waals surface area contributed by atoms with Crippen LogP contribution in [-0.4, -0.2) is 37.2 Å². The molecule has 1 unspecified atom stereocenters. The average molecular weight is 962 g/mol. The number of allylic oxidation sites excluding steroid dienone is 14. The van der Waals surface area contributed by atoms with Gasteiger partial charge in [-0.3, -0.25) is 14.4 Å². The van der Waals surface area contributed by atoms with Crippen LogP contribution in [0.3, 0.4) is 0 Å². The number of carbonyl (C=O) groups excluding carboxylic acids is 3. The Morgan fingerprint density at radius 2 is 0.565 bits per heavy atom. The van der Waals surface area contributed by atoms with E-state index in [1.165, 1.54) is 141 Å². The highest BCUT2D eigenvalue weighted by atomic mass is 16.6. The van der Waals surface area contributed by atoms with E-state index in [1.807, 2.05) is 0 Å². The Hall–Kier alpha value is -3.41. The molecule has 0 aliphatic heterocycles. The first kappa shape index (κ1) is 65.6. The Morgan fingerprint density at radius 1 is 0.304 bits per heavy atom. The third kappa shape index (κ3) is 55.4. The Balaban J connectivity index is 4.44. The van der Waals surface area contributed by atoms with Crippen molar-refractivity contribution in [2.24, 2.45) is 0 Å². The van der Waals surface area contributed by atoms with Gasteiger partial charge < -0.3 is 14.2 Å². The van der Waals surface area contributed by atoms with Crippen LogP contribution in [0, 0.1) is 0 Å². The van der Waals surface area contributed by atoms with Gasteiger partial charge >= 0.3 is 17.9 Å². The van der Waals surface area contributed by atoms with Crippen LogP contribution < -0.4 is 0 Å². The van der Waals surface area contributed by atoms with Gasteiger partial charge in [-0.05, 0) is 70.6 Å². The van der Waals surface area contributed by atoms with Gasteiger partial charge in [-0.1, -0.05) is 273 Å². The van der Waals surface area contributed by atoms with Gasteiger partial charge in [0.15, 0.2) is 6.10 Å². The molecule has 0 spiro atoms. The van der Waals surface area contributed by atoms with E-state index in [-0.39, 0.29) is 37.5 Å². The number of hydrogen-bond donors (Lipinski definition) is 0. The van der Waals surface area contributed by atoms with E-state index in [4.69, 9.17) is 14.2 Å². The van der Waals surface area contributed by atoms with E-state index >= 15 is 0 Å². The number of ether oxygens (including phenoxy) is 3. The summed E-state index contributed by atoms with van der Waals surface area (Å²) in [7, 11) is 0. The molecule has 0 fully saturated rings. The average Bonchev–Trinajstić information content (AvgIpc) is 3.35. The van der Waals surface area contributed by atoms with Gasteiger partial charge in [-0.2, -0.15) is 0 Å². The van der Waals surface area contributed by atoms with Gasteiger partial charge in [-0.25, -0.2) is 0 Å². The van der Waals surface area contributed by atoms with E-state index in [1.54, 1.807) is 0 Å². The van der Waals surface area contributed by atoms with Crippen molar-refractivity contribution < 1.29 is 28.6 Å². The highest BCUT2D eigenvalue weighted by molar-refractivity contribution is 5.71. The fraction of sp³-hybridized carbons (Fsp3) is 0.730. The lowest BCUT2D eigenvalue weighted by Crippen LogP contribution is -2.30. The lowest BCUT2D eigenvalue weighted by atomic mass is 10.0. The molecule has 0 aromatic heterocycles. The Bertz CT molecular complexity index is 1330. The predicted molar refractivity (Wildman–Crippen MR) is 297 cm³/mol. The van der Waals surface area contributed by atoms with Crippen LogP contribution in [0.1, 0.15) is 278 Å². The van der Waals surface area contributed by atoms with E-state index in [2.05, 4.69) is 106 Å². The summed E-state index contributed by atoms with van der Waals surface area (Å²) >= 11 is 0. The van der Waals surface area contributed by atoms with E-state index in [0.29, 0.717) is 19.3 Å². The molecule has 69 heavy (non-hydrogen) atoms. The maximum Gasteiger partial charge on any atom is 0.306 e. The first-order valence-corrected chi connectivity index (χ1v) is 29.1. The van der Waals surface area contributed by atoms with Crippen molar-refractivity contribution in [3.8, 4) is 0 Å². The van der Waals surface area contributed by atoms with Gasteiger partial charge in [0.05, 0.1) is 0 Å². The third-order valence-electron chi connectivity index (χ3n) is 12.4. The molecule has 1 atom stereocenters. The van der Waals surface area contributed by atoms with Crippen molar-refractivity contribution in [2.45, 2.75) is 284 Å². The first-order chi connectivity index (χ1) is 34.0. The SMILES string of the molecule is CC/C=C\C/C=C\C/C=C\C/C=C\C/C=C\C/C=C\C/C=C\CCCC(=O)OCC(COC(=O)CCCCCCCCCCCCCCC)OC(=O)CCCCCCCCCCCCCCCCC. The predicted octanol–water partition coefficient (Wildman–Crippen LogP) is 19.5. The number of carbonyl (C=O) groups is 3. The zero-order valence-corrected chi connectivity index (χ0v) is 45.3. The molecule has 0 rings (SSSR count). The molecule has 0 aromatic carbocycles. The number of esters is 3. The summed E-state index contributed by atoms with van der Waals surface area (Å²) in [6.45, 7) is 6.50. The number of unbranched alkanes of at least 4 members (excludes halogenated alkanes) is 27. The molecule has 0 bridgehead atoms. The van der Waals surface area contributed by atoms with Crippen molar-refractivity contribution in [1.29, 1.82) is 0 Å². The second-order valence-electron chi connectivity index (χ2n) is 19.2. The van der Waals surface area contributed by atoms with Crippen molar-refractivity contribution in [2.75, 3.05) is 13.2 Å². The summed E-state index contributed by atoms with van der Waals surface area (Å²) < 4.78 is 16.8. The van der Waals surface area contributed by atoms with Crippen molar-refractivity contribution in [3.05, 3.63) is 85.1 Å². The summed E-state index contributed by atoms with van der Waals surface area (Å²) in [6.07, 6.45) is 74.3. The Kier molecular flexibility index (Phi) is 54.3. The normalized spacial score (nSPS) is 12.7. The van der Waals surface area contributed by atoms with Crippen LogP contribution in [0.2, 0.25) is 0 Å². The van der Waals surface area contributed by atoms with E-state index in [0.717, 1.165) is 89.9 Å². The molecule has 0 aromatic rings. The van der Waals surface area contributed by atoms with Crippen LogP contribution >= 0.6 is 0 Å². The summed E-state index contributed by atoms with van der Waals surface area (Å²) in [5.41, 5.74) is 0. The van der Waals surface area contributed by atoms with Crippen molar-refractivity contribution in [3.63, 3.8) is 0 Å². The molecule has 0 N–H and O–H groups in total. The lowest BCUT2D eigenvalue weighted by Gasteiger charge is -2.18. The summed E-state index contributed by atoms with van der Waals surface area (Å²) in [5, 5.41) is 0. The Morgan fingerprint density at radius 3 is 0.884 bits per heavy atom. The maximum atomic E-state index is 12.8. The van der Waals surface area contributed by atoms with E-state index < -0.39 is 6.10 Å². The fourth-order valence-electron chi connectivity index (χ4n) is 8.08. The standard InChI is InChI=1S/C63H108O6/c1-4-7-10-13-16-19-22-25-27-28-29-30-31-32-33-34-36-38-41-44-47-50-53-56-62(65)68-59-60(58-67-61(64)55-52-49-46-43-40-37-24-21-18-15-12-9-6-3)69-63(66)57-54-51-48-45-42-39-35-26-23-20-17-14-11-8-5-2/h7,10,16,19,25,27,29-30,32-33,36,38,44,47,60H,4-6,8-9,11-15,17-18,20-24,26,28,31,34-35,37,39-43,45-46,48-59H2,1-3H3/b10-7-,19-16-,27-25-,30-29-,33-32-,38-36-,47-44-. The second kappa shape index (κ2) is 57.2. The van der Waals surface area contributed by atoms with Gasteiger partial charge in [0, 0.05) is 19.3 Å². The highest BCUT2D eigenvalue weighted by Crippen LogP contribution is 2.16. The molecule has 6 nitrogen and oxygen atoms in total. The fourth-order valence-corrected chi connectivity index (χ4v) is 8.08. The minimum atomic E-state index is -0.797. The molecule has 0 aliphatic carbocycles. The molecule has 0 saturated heterocycles. The minimum absolute atomic E-state index is 0.0908. The third-order valence-corrected chi connectivity index (χ3v) is 12.4. The summed E-state index contributed by atoms with van der Waals surface area (Å²) in [5.74, 6) is -0.943. The number of hydrogen-bond acceptors (Lipinski definition) is 6. The molecule has 396 valence electrons. The number of rotatable bonds is 52. The van der Waals surface area contributed by atoms with Crippen molar-refractivity contribution in [1.82, 2.24) is 0 Å².